The minimum Gasteiger partial charge on any atom is -0.382 e. The van der Waals surface area contributed by atoms with Crippen molar-refractivity contribution in [2.45, 2.75) is 31.7 Å². The molecule has 1 spiro atoms. The number of aromatic nitrogens is 1. The van der Waals surface area contributed by atoms with Crippen molar-refractivity contribution in [3.63, 3.8) is 0 Å². The van der Waals surface area contributed by atoms with E-state index in [0.29, 0.717) is 13.2 Å². The topological polar surface area (TPSA) is 58.9 Å². The predicted octanol–water partition coefficient (Wildman–Crippen LogP) is 0.932. The maximum absolute atomic E-state index is 10.8. The molecule has 3 N–H and O–H groups in total. The van der Waals surface area contributed by atoms with Gasteiger partial charge >= 0.3 is 0 Å². The van der Waals surface area contributed by atoms with Crippen LogP contribution in [0.25, 0.3) is 10.9 Å². The van der Waals surface area contributed by atoms with Gasteiger partial charge in [-0.3, -0.25) is 0 Å². The number of aromatic amines is 1. The van der Waals surface area contributed by atoms with Gasteiger partial charge in [0.1, 0.15) is 12.6 Å². The Kier molecular flexibility index (Phi) is 3.89. The Morgan fingerprint density at radius 3 is 2.65 bits per heavy atom. The zero-order valence-corrected chi connectivity index (χ0v) is 13.6. The van der Waals surface area contributed by atoms with Crippen molar-refractivity contribution in [1.29, 1.82) is 0 Å². The summed E-state index contributed by atoms with van der Waals surface area (Å²) in [6, 6.07) is 8.19. The number of hydrogen-bond donors (Lipinski definition) is 3. The number of ether oxygens (including phenoxy) is 2. The van der Waals surface area contributed by atoms with Crippen LogP contribution in [0.5, 0.6) is 0 Å². The summed E-state index contributed by atoms with van der Waals surface area (Å²) >= 11 is 0. The number of quaternary nitrogens is 1. The van der Waals surface area contributed by atoms with Crippen molar-refractivity contribution < 1.29 is 19.5 Å². The lowest BCUT2D eigenvalue weighted by atomic mass is 10.0. The number of piperidine rings is 1. The van der Waals surface area contributed by atoms with E-state index in [1.54, 1.807) is 0 Å². The quantitative estimate of drug-likeness (QED) is 0.789. The van der Waals surface area contributed by atoms with E-state index in [1.165, 1.54) is 4.90 Å². The summed E-state index contributed by atoms with van der Waals surface area (Å²) in [6.07, 6.45) is 1.39. The maximum atomic E-state index is 10.8. The van der Waals surface area contributed by atoms with Crippen molar-refractivity contribution >= 4 is 10.9 Å². The molecule has 0 amide bonds. The fourth-order valence-corrected chi connectivity index (χ4v) is 4.08. The Bertz CT molecular complexity index is 681. The standard InChI is InChI=1S/C18H24N2O3/c1-13-17(14-4-2-3-5-15(14)19-13)16(21)12-20-8-6-18(7-9-20)22-10-11-23-18/h2-5,16,19,21H,6-12H2,1H3/p+1/t16-/m1/s1. The first-order valence-corrected chi connectivity index (χ1v) is 8.54. The highest BCUT2D eigenvalue weighted by molar-refractivity contribution is 5.84. The Morgan fingerprint density at radius 2 is 1.91 bits per heavy atom. The second kappa shape index (κ2) is 5.91. The SMILES string of the molecule is Cc1[nH]c2ccccc2c1[C@H](O)C[NH+]1CCC2(CC1)OCCO2. The van der Waals surface area contributed by atoms with Gasteiger partial charge in [0.25, 0.3) is 0 Å². The third-order valence-corrected chi connectivity index (χ3v) is 5.29. The molecule has 2 aromatic rings. The van der Waals surface area contributed by atoms with Gasteiger partial charge in [0.15, 0.2) is 5.79 Å². The fraction of sp³-hybridized carbons (Fsp3) is 0.556. The van der Waals surface area contributed by atoms with Gasteiger partial charge in [-0.25, -0.2) is 0 Å². The van der Waals surface area contributed by atoms with Crippen molar-refractivity contribution in [3.8, 4) is 0 Å². The summed E-state index contributed by atoms with van der Waals surface area (Å²) in [6.45, 7) is 6.17. The summed E-state index contributed by atoms with van der Waals surface area (Å²) in [4.78, 5) is 4.80. The molecular formula is C18H25N2O3+. The molecule has 2 aliphatic rings. The summed E-state index contributed by atoms with van der Waals surface area (Å²) < 4.78 is 11.6. The minimum absolute atomic E-state index is 0.328. The van der Waals surface area contributed by atoms with Crippen LogP contribution in [0, 0.1) is 6.92 Å². The molecule has 4 rings (SSSR count). The van der Waals surface area contributed by atoms with E-state index < -0.39 is 6.10 Å². The summed E-state index contributed by atoms with van der Waals surface area (Å²) in [5.41, 5.74) is 3.20. The van der Waals surface area contributed by atoms with E-state index in [0.717, 1.165) is 54.6 Å². The first-order valence-electron chi connectivity index (χ1n) is 8.54. The number of para-hydroxylation sites is 1. The molecule has 3 heterocycles. The van der Waals surface area contributed by atoms with Gasteiger partial charge < -0.3 is 24.5 Å². The van der Waals surface area contributed by atoms with Crippen LogP contribution in [0.4, 0.5) is 0 Å². The average Bonchev–Trinajstić information content (AvgIpc) is 3.13. The highest BCUT2D eigenvalue weighted by atomic mass is 16.7. The number of aliphatic hydroxyl groups is 1. The lowest BCUT2D eigenvalue weighted by Crippen LogP contribution is -3.14. The third-order valence-electron chi connectivity index (χ3n) is 5.29. The number of likely N-dealkylation sites (tertiary alicyclic amines) is 1. The Hall–Kier alpha value is -1.40. The third kappa shape index (κ3) is 2.78. The number of rotatable bonds is 3. The number of H-pyrrole nitrogens is 1. The molecule has 0 unspecified atom stereocenters. The molecule has 23 heavy (non-hydrogen) atoms. The minimum atomic E-state index is -0.444. The molecule has 1 atom stereocenters. The normalized spacial score (nSPS) is 22.9. The van der Waals surface area contributed by atoms with E-state index in [-0.39, 0.29) is 5.79 Å². The number of benzene rings is 1. The molecule has 0 bridgehead atoms. The Morgan fingerprint density at radius 1 is 1.22 bits per heavy atom. The van der Waals surface area contributed by atoms with Gasteiger partial charge in [0.05, 0.1) is 39.1 Å². The van der Waals surface area contributed by atoms with Crippen LogP contribution >= 0.6 is 0 Å². The predicted molar refractivity (Wildman–Crippen MR) is 87.4 cm³/mol. The molecular weight excluding hydrogens is 292 g/mol. The molecule has 1 aromatic carbocycles. The number of aryl methyl sites for hydroxylation is 1. The van der Waals surface area contributed by atoms with E-state index >= 15 is 0 Å². The largest absolute Gasteiger partial charge is 0.382 e. The van der Waals surface area contributed by atoms with E-state index in [9.17, 15) is 5.11 Å². The van der Waals surface area contributed by atoms with E-state index in [2.05, 4.69) is 17.1 Å². The van der Waals surface area contributed by atoms with Crippen LogP contribution in [0.15, 0.2) is 24.3 Å². The van der Waals surface area contributed by atoms with Crippen LogP contribution in [0.2, 0.25) is 0 Å². The number of aliphatic hydroxyl groups excluding tert-OH is 1. The van der Waals surface area contributed by atoms with Crippen LogP contribution in [-0.2, 0) is 9.47 Å². The smallest absolute Gasteiger partial charge is 0.179 e. The van der Waals surface area contributed by atoms with E-state index in [1.807, 2.05) is 19.1 Å². The monoisotopic (exact) mass is 317 g/mol. The Balaban J connectivity index is 1.45. The van der Waals surface area contributed by atoms with Crippen molar-refractivity contribution in [3.05, 3.63) is 35.5 Å². The average molecular weight is 317 g/mol. The van der Waals surface area contributed by atoms with Gasteiger partial charge in [-0.05, 0) is 13.0 Å². The molecule has 2 fully saturated rings. The maximum Gasteiger partial charge on any atom is 0.179 e. The van der Waals surface area contributed by atoms with Crippen LogP contribution in [0.3, 0.4) is 0 Å². The Labute approximate surface area is 136 Å². The fourth-order valence-electron chi connectivity index (χ4n) is 4.08. The molecule has 0 saturated carbocycles. The van der Waals surface area contributed by atoms with Gasteiger partial charge in [-0.1, -0.05) is 18.2 Å². The molecule has 2 aliphatic heterocycles. The van der Waals surface area contributed by atoms with Gasteiger partial charge in [-0.2, -0.15) is 0 Å². The highest BCUT2D eigenvalue weighted by Gasteiger charge is 2.42. The van der Waals surface area contributed by atoms with Crippen LogP contribution in [-0.4, -0.2) is 48.7 Å². The van der Waals surface area contributed by atoms with Gasteiger partial charge in [-0.15, -0.1) is 0 Å². The van der Waals surface area contributed by atoms with Gasteiger partial charge in [0.2, 0.25) is 0 Å². The van der Waals surface area contributed by atoms with E-state index in [4.69, 9.17) is 9.47 Å². The zero-order valence-electron chi connectivity index (χ0n) is 13.6. The van der Waals surface area contributed by atoms with Crippen LogP contribution in [0.1, 0.15) is 30.2 Å². The first kappa shape index (κ1) is 15.1. The van der Waals surface area contributed by atoms with Crippen molar-refractivity contribution in [2.75, 3.05) is 32.8 Å². The van der Waals surface area contributed by atoms with Crippen LogP contribution < -0.4 is 4.90 Å². The summed E-state index contributed by atoms with van der Waals surface area (Å²) in [5.74, 6) is -0.328. The molecule has 0 radical (unpaired) electrons. The number of nitrogens with one attached hydrogen (secondary N) is 2. The molecule has 5 heteroatoms. The summed E-state index contributed by atoms with van der Waals surface area (Å²) in [5, 5.41) is 11.9. The van der Waals surface area contributed by atoms with Crippen molar-refractivity contribution in [1.82, 2.24) is 4.98 Å². The molecule has 124 valence electrons. The zero-order chi connectivity index (χ0) is 15.9. The lowest BCUT2D eigenvalue weighted by molar-refractivity contribution is -0.912. The first-order chi connectivity index (χ1) is 11.2. The number of hydrogen-bond acceptors (Lipinski definition) is 3. The van der Waals surface area contributed by atoms with Crippen molar-refractivity contribution in [2.24, 2.45) is 0 Å². The highest BCUT2D eigenvalue weighted by Crippen LogP contribution is 2.29. The molecule has 2 saturated heterocycles. The second-order valence-electron chi connectivity index (χ2n) is 6.79. The molecule has 0 aliphatic carbocycles. The molecule has 5 nitrogen and oxygen atoms in total. The second-order valence-corrected chi connectivity index (χ2v) is 6.79. The number of fused-ring (bicyclic) bond motifs is 1. The lowest BCUT2D eigenvalue weighted by Gasteiger charge is -2.35. The summed E-state index contributed by atoms with van der Waals surface area (Å²) in [7, 11) is 0. The molecule has 1 aromatic heterocycles. The van der Waals surface area contributed by atoms with Gasteiger partial charge in [0, 0.05) is 22.2 Å².